The van der Waals surface area contributed by atoms with E-state index in [1.165, 1.54) is 22.5 Å². The van der Waals surface area contributed by atoms with Crippen molar-refractivity contribution >= 4 is 23.1 Å². The first-order chi connectivity index (χ1) is 14.7. The van der Waals surface area contributed by atoms with E-state index < -0.39 is 0 Å². The Hall–Kier alpha value is -3.34. The molecular weight excluding hydrogens is 372 g/mol. The molecule has 2 aromatic carbocycles. The second-order valence-corrected chi connectivity index (χ2v) is 8.05. The molecule has 0 bridgehead atoms. The van der Waals surface area contributed by atoms with Gasteiger partial charge in [0.05, 0.1) is 0 Å². The molecule has 3 aromatic rings. The van der Waals surface area contributed by atoms with E-state index in [4.69, 9.17) is 0 Å². The van der Waals surface area contributed by atoms with Crippen molar-refractivity contribution in [1.29, 1.82) is 0 Å². The van der Waals surface area contributed by atoms with E-state index in [0.717, 1.165) is 45.0 Å². The fourth-order valence-electron chi connectivity index (χ4n) is 4.45. The Bertz CT molecular complexity index is 1070. The number of aromatic nitrogens is 1. The van der Waals surface area contributed by atoms with Crippen molar-refractivity contribution < 1.29 is 4.79 Å². The molecular formula is C25H26N4O. The SMILES string of the molecule is Cc1cccc(N2CCN(C(=O)c3ccnc(N4CCc5ccccc54)c3)CC2)c1. The van der Waals surface area contributed by atoms with Crippen molar-refractivity contribution in [1.82, 2.24) is 9.88 Å². The normalized spacial score (nSPS) is 16.0. The first-order valence-corrected chi connectivity index (χ1v) is 10.6. The van der Waals surface area contributed by atoms with Crippen LogP contribution in [0.15, 0.2) is 66.9 Å². The predicted molar refractivity (Wildman–Crippen MR) is 121 cm³/mol. The minimum atomic E-state index is 0.0926. The molecule has 0 aliphatic carbocycles. The summed E-state index contributed by atoms with van der Waals surface area (Å²) in [7, 11) is 0. The highest BCUT2D eigenvalue weighted by Crippen LogP contribution is 2.33. The average molecular weight is 399 g/mol. The lowest BCUT2D eigenvalue weighted by atomic mass is 10.1. The van der Waals surface area contributed by atoms with E-state index in [-0.39, 0.29) is 5.91 Å². The third-order valence-electron chi connectivity index (χ3n) is 6.09. The molecule has 0 saturated carbocycles. The van der Waals surface area contributed by atoms with Gasteiger partial charge in [0.1, 0.15) is 5.82 Å². The quantitative estimate of drug-likeness (QED) is 0.667. The minimum absolute atomic E-state index is 0.0926. The Kier molecular flexibility index (Phi) is 4.87. The molecule has 152 valence electrons. The fraction of sp³-hybridized carbons (Fsp3) is 0.280. The molecule has 0 radical (unpaired) electrons. The highest BCUT2D eigenvalue weighted by Gasteiger charge is 2.25. The Morgan fingerprint density at radius 3 is 2.57 bits per heavy atom. The number of amides is 1. The maximum Gasteiger partial charge on any atom is 0.254 e. The van der Waals surface area contributed by atoms with Gasteiger partial charge in [0.25, 0.3) is 5.91 Å². The van der Waals surface area contributed by atoms with Gasteiger partial charge in [-0.05, 0) is 54.8 Å². The number of rotatable bonds is 3. The average Bonchev–Trinajstić information content (AvgIpc) is 3.23. The number of anilines is 3. The van der Waals surface area contributed by atoms with Gasteiger partial charge >= 0.3 is 0 Å². The van der Waals surface area contributed by atoms with E-state index in [1.54, 1.807) is 6.20 Å². The third kappa shape index (κ3) is 3.52. The number of hydrogen-bond donors (Lipinski definition) is 0. The van der Waals surface area contributed by atoms with Gasteiger partial charge in [0.2, 0.25) is 0 Å². The Morgan fingerprint density at radius 2 is 1.73 bits per heavy atom. The molecule has 3 heterocycles. The molecule has 1 saturated heterocycles. The number of hydrogen-bond acceptors (Lipinski definition) is 4. The molecule has 30 heavy (non-hydrogen) atoms. The van der Waals surface area contributed by atoms with E-state index in [2.05, 4.69) is 70.2 Å². The summed E-state index contributed by atoms with van der Waals surface area (Å²) in [4.78, 5) is 24.3. The topological polar surface area (TPSA) is 39.7 Å². The van der Waals surface area contributed by atoms with E-state index in [0.29, 0.717) is 5.56 Å². The standard InChI is InChI=1S/C25H26N4O/c1-19-5-4-7-22(17-19)27-13-15-28(16-14-27)25(30)21-9-11-26-24(18-21)29-12-10-20-6-2-3-8-23(20)29/h2-9,11,17-18H,10,12-16H2,1H3. The van der Waals surface area contributed by atoms with E-state index >= 15 is 0 Å². The van der Waals surface area contributed by atoms with Crippen LogP contribution in [0.1, 0.15) is 21.5 Å². The zero-order valence-corrected chi connectivity index (χ0v) is 17.3. The molecule has 5 heteroatoms. The van der Waals surface area contributed by atoms with Crippen molar-refractivity contribution in [2.75, 3.05) is 42.5 Å². The second-order valence-electron chi connectivity index (χ2n) is 8.05. The molecule has 1 amide bonds. The van der Waals surface area contributed by atoms with Crippen molar-refractivity contribution in [3.05, 3.63) is 83.6 Å². The molecule has 0 N–H and O–H groups in total. The number of aryl methyl sites for hydroxylation is 1. The lowest BCUT2D eigenvalue weighted by Gasteiger charge is -2.36. The number of pyridine rings is 1. The molecule has 1 fully saturated rings. The molecule has 0 spiro atoms. The van der Waals surface area contributed by atoms with Gasteiger partial charge in [-0.2, -0.15) is 0 Å². The first kappa shape index (κ1) is 18.7. The van der Waals surface area contributed by atoms with Crippen molar-refractivity contribution in [2.24, 2.45) is 0 Å². The zero-order chi connectivity index (χ0) is 20.5. The number of fused-ring (bicyclic) bond motifs is 1. The zero-order valence-electron chi connectivity index (χ0n) is 17.3. The number of benzene rings is 2. The summed E-state index contributed by atoms with van der Waals surface area (Å²) in [5.41, 5.74) is 5.75. The monoisotopic (exact) mass is 398 g/mol. The number of piperazine rings is 1. The molecule has 5 nitrogen and oxygen atoms in total. The molecule has 1 aromatic heterocycles. The highest BCUT2D eigenvalue weighted by molar-refractivity contribution is 5.95. The summed E-state index contributed by atoms with van der Waals surface area (Å²) < 4.78 is 0. The smallest absolute Gasteiger partial charge is 0.254 e. The second kappa shape index (κ2) is 7.82. The highest BCUT2D eigenvalue weighted by atomic mass is 16.2. The van der Waals surface area contributed by atoms with Crippen molar-refractivity contribution in [2.45, 2.75) is 13.3 Å². The van der Waals surface area contributed by atoms with Gasteiger partial charge in [0, 0.05) is 55.9 Å². The van der Waals surface area contributed by atoms with Crippen LogP contribution in [0, 0.1) is 6.92 Å². The summed E-state index contributed by atoms with van der Waals surface area (Å²) in [5, 5.41) is 0. The van der Waals surface area contributed by atoms with Crippen molar-refractivity contribution in [3.8, 4) is 0 Å². The summed E-state index contributed by atoms with van der Waals surface area (Å²) in [5.74, 6) is 0.944. The molecule has 2 aliphatic heterocycles. The van der Waals surface area contributed by atoms with Gasteiger partial charge in [-0.25, -0.2) is 4.98 Å². The summed E-state index contributed by atoms with van der Waals surface area (Å²) in [6, 6.07) is 20.8. The van der Waals surface area contributed by atoms with Crippen molar-refractivity contribution in [3.63, 3.8) is 0 Å². The van der Waals surface area contributed by atoms with Gasteiger partial charge in [-0.1, -0.05) is 30.3 Å². The van der Waals surface area contributed by atoms with Crippen LogP contribution < -0.4 is 9.80 Å². The Labute approximate surface area is 177 Å². The maximum atomic E-state index is 13.2. The minimum Gasteiger partial charge on any atom is -0.368 e. The van der Waals surface area contributed by atoms with Crippen LogP contribution in [0.4, 0.5) is 17.2 Å². The van der Waals surface area contributed by atoms with Gasteiger partial charge in [-0.3, -0.25) is 4.79 Å². The van der Waals surface area contributed by atoms with E-state index in [1.807, 2.05) is 17.0 Å². The van der Waals surface area contributed by atoms with Crippen LogP contribution in [0.25, 0.3) is 0 Å². The maximum absolute atomic E-state index is 13.2. The molecule has 0 unspecified atom stereocenters. The lowest BCUT2D eigenvalue weighted by molar-refractivity contribution is 0.0746. The first-order valence-electron chi connectivity index (χ1n) is 10.6. The van der Waals surface area contributed by atoms with Crippen LogP contribution in [0.2, 0.25) is 0 Å². The number of carbonyl (C=O) groups is 1. The number of nitrogens with zero attached hydrogens (tertiary/aromatic N) is 4. The van der Waals surface area contributed by atoms with Crippen LogP contribution in [-0.2, 0) is 6.42 Å². The fourth-order valence-corrected chi connectivity index (χ4v) is 4.45. The molecule has 2 aliphatic rings. The van der Waals surface area contributed by atoms with Crippen LogP contribution in [-0.4, -0.2) is 48.5 Å². The lowest BCUT2D eigenvalue weighted by Crippen LogP contribution is -2.48. The summed E-state index contributed by atoms with van der Waals surface area (Å²) in [6.07, 6.45) is 2.77. The number of para-hydroxylation sites is 1. The largest absolute Gasteiger partial charge is 0.368 e. The predicted octanol–water partition coefficient (Wildman–Crippen LogP) is 4.05. The van der Waals surface area contributed by atoms with Gasteiger partial charge in [-0.15, -0.1) is 0 Å². The summed E-state index contributed by atoms with van der Waals surface area (Å²) >= 11 is 0. The number of carbonyl (C=O) groups excluding carboxylic acids is 1. The summed E-state index contributed by atoms with van der Waals surface area (Å²) in [6.45, 7) is 6.19. The van der Waals surface area contributed by atoms with Gasteiger partial charge in [0.15, 0.2) is 0 Å². The van der Waals surface area contributed by atoms with Crippen LogP contribution >= 0.6 is 0 Å². The van der Waals surface area contributed by atoms with Crippen LogP contribution in [0.3, 0.4) is 0 Å². The third-order valence-corrected chi connectivity index (χ3v) is 6.09. The Morgan fingerprint density at radius 1 is 0.900 bits per heavy atom. The Balaban J connectivity index is 1.29. The molecule has 0 atom stereocenters. The van der Waals surface area contributed by atoms with E-state index in [9.17, 15) is 4.79 Å². The van der Waals surface area contributed by atoms with Gasteiger partial charge < -0.3 is 14.7 Å². The molecule has 5 rings (SSSR count). The van der Waals surface area contributed by atoms with Crippen LogP contribution in [0.5, 0.6) is 0 Å².